The van der Waals surface area contributed by atoms with Gasteiger partial charge in [0, 0.05) is 12.1 Å². The zero-order valence-corrected chi connectivity index (χ0v) is 12.6. The van der Waals surface area contributed by atoms with Gasteiger partial charge in [-0.05, 0) is 24.1 Å². The van der Waals surface area contributed by atoms with Crippen molar-refractivity contribution in [2.75, 3.05) is 5.32 Å². The number of hydrogen-bond donors (Lipinski definition) is 2. The van der Waals surface area contributed by atoms with Crippen molar-refractivity contribution in [1.29, 1.82) is 0 Å². The van der Waals surface area contributed by atoms with Gasteiger partial charge in [0.15, 0.2) is 0 Å². The monoisotopic (exact) mass is 360 g/mol. The molecule has 1 aromatic rings. The Hall–Kier alpha value is -2.00. The van der Waals surface area contributed by atoms with E-state index in [-0.39, 0.29) is 0 Å². The van der Waals surface area contributed by atoms with Gasteiger partial charge in [0.25, 0.3) is 0 Å². The number of benzene rings is 1. The molecule has 10 heteroatoms. The number of hydrogen-bond acceptors (Lipinski definition) is 2. The van der Waals surface area contributed by atoms with Gasteiger partial charge in [-0.1, -0.05) is 19.9 Å². The molecule has 1 amide bonds. The lowest BCUT2D eigenvalue weighted by Gasteiger charge is -2.39. The highest BCUT2D eigenvalue weighted by atomic mass is 19.4. The van der Waals surface area contributed by atoms with Crippen molar-refractivity contribution in [2.24, 2.45) is 5.92 Å². The van der Waals surface area contributed by atoms with E-state index >= 15 is 0 Å². The van der Waals surface area contributed by atoms with Gasteiger partial charge >= 0.3 is 18.0 Å². The topological polar surface area (TPSA) is 41.1 Å². The molecule has 24 heavy (non-hydrogen) atoms. The summed E-state index contributed by atoms with van der Waals surface area (Å²) in [7, 11) is 0. The van der Waals surface area contributed by atoms with Crippen LogP contribution in [-0.4, -0.2) is 23.9 Å². The summed E-state index contributed by atoms with van der Waals surface area (Å²) in [5.74, 6) is -2.94. The van der Waals surface area contributed by atoms with Gasteiger partial charge in [0.1, 0.15) is 5.82 Å². The van der Waals surface area contributed by atoms with Crippen molar-refractivity contribution in [3.8, 4) is 0 Å². The maximum absolute atomic E-state index is 13.3. The maximum atomic E-state index is 13.3. The van der Waals surface area contributed by atoms with Crippen molar-refractivity contribution >= 4 is 11.6 Å². The molecular weight excluding hydrogens is 345 g/mol. The minimum absolute atomic E-state index is 0.459. The fourth-order valence-corrected chi connectivity index (χ4v) is 1.89. The number of alkyl halides is 6. The number of nitrogens with one attached hydrogen (secondary N) is 2. The second kappa shape index (κ2) is 6.86. The summed E-state index contributed by atoms with van der Waals surface area (Å²) < 4.78 is 92.7. The van der Waals surface area contributed by atoms with Crippen molar-refractivity contribution in [3.63, 3.8) is 0 Å². The van der Waals surface area contributed by atoms with Gasteiger partial charge < -0.3 is 10.6 Å². The smallest absolute Gasteiger partial charge is 0.348 e. The molecule has 0 radical (unpaired) electrons. The molecular formula is C14H15F7N2O. The SMILES string of the molecule is CC(C)CC(=O)NC(Nc1cccc(F)c1)(C(F)(F)F)C(F)(F)F. The molecule has 1 rings (SSSR count). The average Bonchev–Trinajstić information content (AvgIpc) is 2.34. The first-order valence-corrected chi connectivity index (χ1v) is 6.76. The fraction of sp³-hybridized carbons (Fsp3) is 0.500. The number of anilines is 1. The molecule has 0 unspecified atom stereocenters. The van der Waals surface area contributed by atoms with Crippen LogP contribution in [0, 0.1) is 11.7 Å². The highest BCUT2D eigenvalue weighted by molar-refractivity contribution is 5.78. The third kappa shape index (κ3) is 4.51. The van der Waals surface area contributed by atoms with E-state index in [0.29, 0.717) is 6.07 Å². The van der Waals surface area contributed by atoms with Crippen LogP contribution in [0.1, 0.15) is 20.3 Å². The Morgan fingerprint density at radius 1 is 1.08 bits per heavy atom. The molecule has 0 heterocycles. The molecule has 0 bridgehead atoms. The summed E-state index contributed by atoms with van der Waals surface area (Å²) >= 11 is 0. The molecule has 0 saturated carbocycles. The zero-order valence-electron chi connectivity index (χ0n) is 12.6. The van der Waals surface area contributed by atoms with Crippen LogP contribution in [0.15, 0.2) is 24.3 Å². The first kappa shape index (κ1) is 20.0. The van der Waals surface area contributed by atoms with Crippen LogP contribution in [0.4, 0.5) is 36.4 Å². The summed E-state index contributed by atoms with van der Waals surface area (Å²) in [6.07, 6.45) is -12.4. The molecule has 0 aromatic heterocycles. The summed E-state index contributed by atoms with van der Waals surface area (Å²) in [6, 6.07) is 3.07. The number of carbonyl (C=O) groups excluding carboxylic acids is 1. The summed E-state index contributed by atoms with van der Waals surface area (Å²) in [5, 5.41) is 2.18. The Morgan fingerprint density at radius 2 is 1.62 bits per heavy atom. The van der Waals surface area contributed by atoms with Gasteiger partial charge in [-0.15, -0.1) is 0 Å². The molecule has 0 atom stereocenters. The molecule has 0 aliphatic rings. The minimum Gasteiger partial charge on any atom is -0.348 e. The van der Waals surface area contributed by atoms with E-state index < -0.39 is 47.8 Å². The molecule has 0 saturated heterocycles. The standard InChI is InChI=1S/C14H15F7N2O/c1-8(2)6-11(24)23-12(13(16,17)18,14(19,20)21)22-10-5-3-4-9(15)7-10/h3-5,7-8,22H,6H2,1-2H3,(H,23,24). The lowest BCUT2D eigenvalue weighted by Crippen LogP contribution is -2.72. The normalized spacial score (nSPS) is 13.1. The minimum atomic E-state index is -5.93. The third-order valence-corrected chi connectivity index (χ3v) is 2.93. The Bertz CT molecular complexity index is 567. The molecule has 1 aromatic carbocycles. The largest absolute Gasteiger partial charge is 0.439 e. The summed E-state index contributed by atoms with van der Waals surface area (Å²) in [5.41, 5.74) is -5.52. The Labute approximate surface area is 133 Å². The highest BCUT2D eigenvalue weighted by Gasteiger charge is 2.72. The lowest BCUT2D eigenvalue weighted by atomic mass is 10.1. The van der Waals surface area contributed by atoms with E-state index in [1.54, 1.807) is 0 Å². The van der Waals surface area contributed by atoms with Crippen LogP contribution in [-0.2, 0) is 4.79 Å². The molecule has 0 aliphatic heterocycles. The first-order chi connectivity index (χ1) is 10.8. The number of rotatable bonds is 5. The molecule has 0 aliphatic carbocycles. The van der Waals surface area contributed by atoms with Crippen LogP contribution >= 0.6 is 0 Å². The van der Waals surface area contributed by atoms with Crippen molar-refractivity contribution in [3.05, 3.63) is 30.1 Å². The molecule has 136 valence electrons. The fourth-order valence-electron chi connectivity index (χ4n) is 1.89. The first-order valence-electron chi connectivity index (χ1n) is 6.76. The average molecular weight is 360 g/mol. The van der Waals surface area contributed by atoms with Gasteiger partial charge in [0.2, 0.25) is 5.91 Å². The number of halogens is 7. The van der Waals surface area contributed by atoms with E-state index in [1.165, 1.54) is 19.2 Å². The quantitative estimate of drug-likeness (QED) is 0.610. The Kier molecular flexibility index (Phi) is 5.73. The van der Waals surface area contributed by atoms with Crippen LogP contribution < -0.4 is 10.6 Å². The van der Waals surface area contributed by atoms with E-state index in [9.17, 15) is 35.5 Å². The molecule has 2 N–H and O–H groups in total. The second-order valence-electron chi connectivity index (χ2n) is 5.53. The summed E-state index contributed by atoms with van der Waals surface area (Å²) in [4.78, 5) is 11.6. The van der Waals surface area contributed by atoms with Crippen molar-refractivity contribution < 1.29 is 35.5 Å². The van der Waals surface area contributed by atoms with E-state index in [4.69, 9.17) is 0 Å². The molecule has 3 nitrogen and oxygen atoms in total. The summed E-state index contributed by atoms with van der Waals surface area (Å²) in [6.45, 7) is 2.92. The number of carbonyl (C=O) groups is 1. The van der Waals surface area contributed by atoms with Crippen LogP contribution in [0.2, 0.25) is 0 Å². The van der Waals surface area contributed by atoms with Crippen molar-refractivity contribution in [2.45, 2.75) is 38.3 Å². The number of amides is 1. The van der Waals surface area contributed by atoms with E-state index in [2.05, 4.69) is 0 Å². The zero-order chi connectivity index (χ0) is 18.8. The van der Waals surface area contributed by atoms with E-state index in [0.717, 1.165) is 23.5 Å². The predicted octanol–water partition coefficient (Wildman–Crippen LogP) is 4.22. The lowest BCUT2D eigenvalue weighted by molar-refractivity contribution is -0.296. The third-order valence-electron chi connectivity index (χ3n) is 2.93. The maximum Gasteiger partial charge on any atom is 0.439 e. The predicted molar refractivity (Wildman–Crippen MR) is 72.5 cm³/mol. The van der Waals surface area contributed by atoms with Gasteiger partial charge in [0.05, 0.1) is 0 Å². The van der Waals surface area contributed by atoms with Crippen LogP contribution in [0.3, 0.4) is 0 Å². The van der Waals surface area contributed by atoms with Gasteiger partial charge in [-0.25, -0.2) is 4.39 Å². The van der Waals surface area contributed by atoms with E-state index in [1.807, 2.05) is 0 Å². The Balaban J connectivity index is 3.34. The van der Waals surface area contributed by atoms with Crippen molar-refractivity contribution in [1.82, 2.24) is 5.32 Å². The molecule has 0 fully saturated rings. The van der Waals surface area contributed by atoms with Crippen LogP contribution in [0.5, 0.6) is 0 Å². The highest BCUT2D eigenvalue weighted by Crippen LogP contribution is 2.43. The van der Waals surface area contributed by atoms with Crippen LogP contribution in [0.25, 0.3) is 0 Å². The van der Waals surface area contributed by atoms with Gasteiger partial charge in [-0.2, -0.15) is 26.3 Å². The molecule has 0 spiro atoms. The van der Waals surface area contributed by atoms with Gasteiger partial charge in [-0.3, -0.25) is 4.79 Å². The Morgan fingerprint density at radius 3 is 2.04 bits per heavy atom. The second-order valence-corrected chi connectivity index (χ2v) is 5.53.